The molecule has 0 N–H and O–H groups in total. The monoisotopic (exact) mass is 530 g/mol. The van der Waals surface area contributed by atoms with Crippen molar-refractivity contribution in [2.75, 3.05) is 17.3 Å². The average molecular weight is 531 g/mol. The van der Waals surface area contributed by atoms with E-state index in [1.165, 1.54) is 37.2 Å². The lowest BCUT2D eigenvalue weighted by molar-refractivity contribution is -0.382. The number of alkyl halides is 9. The number of carbonyl (C=O) groups is 1. The maximum absolute atomic E-state index is 12.2. The lowest BCUT2D eigenvalue weighted by atomic mass is 10.1. The summed E-state index contributed by atoms with van der Waals surface area (Å²) in [5, 5.41) is -7.11. The number of ketones is 1. The van der Waals surface area contributed by atoms with E-state index in [2.05, 4.69) is 20.8 Å². The molecule has 4 nitrogen and oxygen atoms in total. The summed E-state index contributed by atoms with van der Waals surface area (Å²) in [6.45, 7) is 6.55. The van der Waals surface area contributed by atoms with Crippen LogP contribution < -0.4 is 0 Å². The van der Waals surface area contributed by atoms with Crippen molar-refractivity contribution in [3.8, 4) is 0 Å². The molecular formula is C17H27F9O4S2. The zero-order valence-electron chi connectivity index (χ0n) is 17.7. The minimum absolute atomic E-state index is 0.395. The van der Waals surface area contributed by atoms with Gasteiger partial charge in [0.05, 0.1) is 0 Å². The Kier molecular flexibility index (Phi) is 13.9. The van der Waals surface area contributed by atoms with Crippen molar-refractivity contribution in [2.24, 2.45) is 0 Å². The first kappa shape index (κ1) is 33.5. The summed E-state index contributed by atoms with van der Waals surface area (Å²) in [7, 11) is -7.02. The normalized spacial score (nSPS) is 13.7. The summed E-state index contributed by atoms with van der Waals surface area (Å²) in [6, 6.07) is 0. The summed E-state index contributed by atoms with van der Waals surface area (Å²) in [5.74, 6) is -10.9. The van der Waals surface area contributed by atoms with Crippen LogP contribution in [0.25, 0.3) is 0 Å². The van der Waals surface area contributed by atoms with E-state index in [-0.39, 0.29) is 0 Å². The van der Waals surface area contributed by atoms with E-state index in [1.54, 1.807) is 0 Å². The molecule has 0 heterocycles. The standard InChI is InChI=1S/C13H27OS.C4HF9O3S/c1-4-7-10-15(11-8-5-2)12-13(14)9-6-3;5-1(6,3(9,10)11)2(7,8)4(12,13)17(14,15)16/h4-12H2,1-3H3;(H,14,15,16)/q+1;/p-1. The molecule has 0 aromatic heterocycles. The van der Waals surface area contributed by atoms with Crippen LogP contribution in [0.2, 0.25) is 0 Å². The van der Waals surface area contributed by atoms with Crippen LogP contribution in [0.15, 0.2) is 0 Å². The molecule has 0 aliphatic carbocycles. The molecule has 0 amide bonds. The van der Waals surface area contributed by atoms with Gasteiger partial charge >= 0.3 is 23.3 Å². The van der Waals surface area contributed by atoms with Gasteiger partial charge in [-0.2, -0.15) is 39.5 Å². The fourth-order valence-corrected chi connectivity index (χ4v) is 4.97. The Morgan fingerprint density at radius 2 is 1.19 bits per heavy atom. The molecule has 0 saturated carbocycles. The molecule has 194 valence electrons. The third-order valence-electron chi connectivity index (χ3n) is 3.90. The average Bonchev–Trinajstić information content (AvgIpc) is 2.62. The first-order valence-electron chi connectivity index (χ1n) is 9.55. The second kappa shape index (κ2) is 13.3. The van der Waals surface area contributed by atoms with Crippen LogP contribution in [0.5, 0.6) is 0 Å². The van der Waals surface area contributed by atoms with Gasteiger partial charge in [-0.25, -0.2) is 8.42 Å². The molecule has 0 rings (SSSR count). The number of Topliss-reactive ketones (excluding diaryl/α,β-unsaturated/α-hetero) is 1. The number of hydrogen-bond acceptors (Lipinski definition) is 4. The molecule has 0 aromatic carbocycles. The van der Waals surface area contributed by atoms with Crippen molar-refractivity contribution in [3.05, 3.63) is 0 Å². The van der Waals surface area contributed by atoms with Gasteiger partial charge < -0.3 is 4.55 Å². The van der Waals surface area contributed by atoms with Crippen molar-refractivity contribution >= 4 is 26.8 Å². The van der Waals surface area contributed by atoms with Crippen LogP contribution in [0.3, 0.4) is 0 Å². The van der Waals surface area contributed by atoms with E-state index in [4.69, 9.17) is 0 Å². The number of halogens is 9. The number of hydrogen-bond donors (Lipinski definition) is 0. The van der Waals surface area contributed by atoms with Crippen LogP contribution in [0, 0.1) is 0 Å². The maximum Gasteiger partial charge on any atom is 0.460 e. The summed E-state index contributed by atoms with van der Waals surface area (Å²) < 4.78 is 135. The fraction of sp³-hybridized carbons (Fsp3) is 0.941. The van der Waals surface area contributed by atoms with Gasteiger partial charge in [0.15, 0.2) is 21.7 Å². The van der Waals surface area contributed by atoms with Crippen molar-refractivity contribution < 1.29 is 57.3 Å². The molecule has 15 heteroatoms. The zero-order chi connectivity index (χ0) is 26.0. The largest absolute Gasteiger partial charge is 0.743 e. The first-order valence-corrected chi connectivity index (χ1v) is 12.7. The van der Waals surface area contributed by atoms with Crippen LogP contribution in [0.4, 0.5) is 39.5 Å². The summed E-state index contributed by atoms with van der Waals surface area (Å²) in [5.41, 5.74) is 0. The first-order chi connectivity index (χ1) is 14.2. The molecule has 0 radical (unpaired) electrons. The predicted octanol–water partition coefficient (Wildman–Crippen LogP) is 5.53. The summed E-state index contributed by atoms with van der Waals surface area (Å²) in [6.07, 6.45) is -0.238. The minimum atomic E-state index is -7.43. The Hall–Kier alpha value is -0.700. The molecule has 0 spiro atoms. The smallest absolute Gasteiger partial charge is 0.460 e. The molecule has 0 aliphatic heterocycles. The minimum Gasteiger partial charge on any atom is -0.743 e. The Morgan fingerprint density at radius 1 is 0.781 bits per heavy atom. The Bertz CT molecular complexity index is 657. The van der Waals surface area contributed by atoms with Crippen molar-refractivity contribution in [1.29, 1.82) is 0 Å². The van der Waals surface area contributed by atoms with Gasteiger partial charge in [0, 0.05) is 6.42 Å². The van der Waals surface area contributed by atoms with E-state index in [0.29, 0.717) is 16.7 Å². The van der Waals surface area contributed by atoms with E-state index < -0.39 is 33.4 Å². The third-order valence-corrected chi connectivity index (χ3v) is 7.24. The van der Waals surface area contributed by atoms with Gasteiger partial charge in [-0.3, -0.25) is 4.79 Å². The van der Waals surface area contributed by atoms with Crippen molar-refractivity contribution in [2.45, 2.75) is 82.6 Å². The van der Waals surface area contributed by atoms with Gasteiger partial charge in [-0.1, -0.05) is 33.6 Å². The highest BCUT2D eigenvalue weighted by Crippen LogP contribution is 2.54. The Balaban J connectivity index is 0. The molecule has 0 aromatic rings. The van der Waals surface area contributed by atoms with E-state index in [9.17, 15) is 57.3 Å². The van der Waals surface area contributed by atoms with Gasteiger partial charge in [-0.05, 0) is 30.2 Å². The maximum atomic E-state index is 12.2. The predicted molar refractivity (Wildman–Crippen MR) is 102 cm³/mol. The molecular weight excluding hydrogens is 503 g/mol. The number of carbonyl (C=O) groups excluding carboxylic acids is 1. The summed E-state index contributed by atoms with van der Waals surface area (Å²) in [4.78, 5) is 11.6. The van der Waals surface area contributed by atoms with Crippen LogP contribution in [0.1, 0.15) is 59.3 Å². The molecule has 0 atom stereocenters. The topological polar surface area (TPSA) is 74.3 Å². The van der Waals surface area contributed by atoms with E-state index in [1.807, 2.05) is 0 Å². The number of unbranched alkanes of at least 4 members (excludes halogenated alkanes) is 2. The molecule has 0 bridgehead atoms. The Morgan fingerprint density at radius 3 is 1.47 bits per heavy atom. The molecule has 0 aliphatic rings. The highest BCUT2D eigenvalue weighted by Gasteiger charge is 2.83. The van der Waals surface area contributed by atoms with Crippen LogP contribution >= 0.6 is 0 Å². The fourth-order valence-electron chi connectivity index (χ4n) is 2.04. The van der Waals surface area contributed by atoms with Gasteiger partial charge in [-0.15, -0.1) is 0 Å². The second-order valence-corrected chi connectivity index (χ2v) is 10.5. The zero-order valence-corrected chi connectivity index (χ0v) is 19.3. The third kappa shape index (κ3) is 9.27. The second-order valence-electron chi connectivity index (χ2n) is 6.78. The lowest BCUT2D eigenvalue weighted by Gasteiger charge is -2.34. The molecule has 0 unspecified atom stereocenters. The number of rotatable bonds is 13. The van der Waals surface area contributed by atoms with Crippen LogP contribution in [-0.4, -0.2) is 59.3 Å². The van der Waals surface area contributed by atoms with Gasteiger partial charge in [0.1, 0.15) is 11.5 Å². The Labute approximate surface area is 184 Å². The van der Waals surface area contributed by atoms with Gasteiger partial charge in [0.2, 0.25) is 0 Å². The van der Waals surface area contributed by atoms with Crippen molar-refractivity contribution in [1.82, 2.24) is 0 Å². The van der Waals surface area contributed by atoms with Crippen LogP contribution in [-0.2, 0) is 25.8 Å². The van der Waals surface area contributed by atoms with Gasteiger partial charge in [0.25, 0.3) is 0 Å². The molecule has 32 heavy (non-hydrogen) atoms. The molecule has 0 fully saturated rings. The van der Waals surface area contributed by atoms with E-state index >= 15 is 0 Å². The summed E-state index contributed by atoms with van der Waals surface area (Å²) >= 11 is 0. The van der Waals surface area contributed by atoms with E-state index in [0.717, 1.165) is 18.6 Å². The lowest BCUT2D eigenvalue weighted by Crippen LogP contribution is -2.63. The SMILES string of the molecule is CCCC[S+](CCCC)CC(=O)CCC.O=S(=O)([O-])C(F)(F)C(F)(F)C(F)(F)C(F)(F)F. The quantitative estimate of drug-likeness (QED) is 0.178. The highest BCUT2D eigenvalue weighted by molar-refractivity contribution is 7.97. The highest BCUT2D eigenvalue weighted by atomic mass is 32.2. The van der Waals surface area contributed by atoms with Crippen molar-refractivity contribution in [3.63, 3.8) is 0 Å². The molecule has 0 saturated heterocycles.